The van der Waals surface area contributed by atoms with Crippen molar-refractivity contribution in [2.24, 2.45) is 11.8 Å². The van der Waals surface area contributed by atoms with Crippen LogP contribution in [0.4, 0.5) is 0 Å². The number of aryl methyl sites for hydroxylation is 2. The summed E-state index contributed by atoms with van der Waals surface area (Å²) in [5, 5.41) is 4.60. The van der Waals surface area contributed by atoms with Crippen LogP contribution in [0.15, 0.2) is 24.3 Å². The lowest BCUT2D eigenvalue weighted by Gasteiger charge is -2.34. The Labute approximate surface area is 176 Å². The van der Waals surface area contributed by atoms with Crippen LogP contribution in [0.3, 0.4) is 0 Å². The number of nitrogens with zero attached hydrogens (tertiary/aromatic N) is 3. The van der Waals surface area contributed by atoms with E-state index in [1.807, 2.05) is 31.2 Å². The molecule has 1 aromatic carbocycles. The minimum atomic E-state index is -0.617. The maximum Gasteiger partial charge on any atom is 0.343 e. The second kappa shape index (κ2) is 8.99. The number of hydrogen-bond donors (Lipinski definition) is 0. The predicted molar refractivity (Wildman–Crippen MR) is 112 cm³/mol. The Morgan fingerprint density at radius 2 is 1.76 bits per heavy atom. The summed E-state index contributed by atoms with van der Waals surface area (Å²) in [5.41, 5.74) is 2.90. The second-order valence-corrected chi connectivity index (χ2v) is 8.57. The van der Waals surface area contributed by atoms with Crippen LogP contribution in [0.25, 0.3) is 0 Å². The van der Waals surface area contributed by atoms with Crippen LogP contribution in [0.1, 0.15) is 47.4 Å². The van der Waals surface area contributed by atoms with Gasteiger partial charge in [-0.1, -0.05) is 55.3 Å². The first-order chi connectivity index (χ1) is 13.7. The van der Waals surface area contributed by atoms with E-state index in [0.717, 1.165) is 12.0 Å². The number of halogens is 1. The molecule has 2 aromatic rings. The van der Waals surface area contributed by atoms with Gasteiger partial charge in [-0.3, -0.25) is 4.79 Å². The summed E-state index contributed by atoms with van der Waals surface area (Å²) in [4.78, 5) is 26.8. The van der Waals surface area contributed by atoms with Gasteiger partial charge in [0.25, 0.3) is 5.91 Å². The first kappa shape index (κ1) is 21.4. The first-order valence-corrected chi connectivity index (χ1v) is 10.4. The maximum absolute atomic E-state index is 12.6. The van der Waals surface area contributed by atoms with Crippen molar-refractivity contribution < 1.29 is 14.3 Å². The van der Waals surface area contributed by atoms with Gasteiger partial charge in [0.2, 0.25) is 0 Å². The van der Waals surface area contributed by atoms with E-state index in [9.17, 15) is 9.59 Å². The molecule has 156 valence electrons. The summed E-state index contributed by atoms with van der Waals surface area (Å²) in [7, 11) is 0. The number of carbonyl (C=O) groups is 2. The minimum absolute atomic E-state index is 0.169. The molecule has 0 saturated carbocycles. The molecule has 1 aliphatic rings. The van der Waals surface area contributed by atoms with E-state index < -0.39 is 5.97 Å². The Balaban J connectivity index is 1.64. The fourth-order valence-corrected chi connectivity index (χ4v) is 4.23. The molecule has 1 fully saturated rings. The summed E-state index contributed by atoms with van der Waals surface area (Å²) in [5.74, 6) is 0.122. The van der Waals surface area contributed by atoms with Crippen LogP contribution in [0, 0.1) is 25.7 Å². The average Bonchev–Trinajstić information content (AvgIpc) is 2.94. The number of amides is 1. The molecule has 0 bridgehead atoms. The normalized spacial score (nSPS) is 19.3. The van der Waals surface area contributed by atoms with E-state index in [4.69, 9.17) is 16.3 Å². The molecule has 0 aliphatic carbocycles. The van der Waals surface area contributed by atoms with Crippen molar-refractivity contribution in [1.29, 1.82) is 0 Å². The second-order valence-electron chi connectivity index (χ2n) is 8.22. The SMILES string of the molecule is Cc1ccc(Cn2nc(C)c(C(=O)OCC(=O)N3C[C@H](C)C[C@@H](C)C3)c2Cl)cc1. The third kappa shape index (κ3) is 5.18. The van der Waals surface area contributed by atoms with Gasteiger partial charge in [0.1, 0.15) is 10.7 Å². The van der Waals surface area contributed by atoms with Crippen LogP contribution >= 0.6 is 11.6 Å². The molecule has 1 saturated heterocycles. The van der Waals surface area contributed by atoms with E-state index in [1.54, 1.807) is 16.5 Å². The van der Waals surface area contributed by atoms with Crippen LogP contribution in [-0.2, 0) is 16.1 Å². The summed E-state index contributed by atoms with van der Waals surface area (Å²) in [6.07, 6.45) is 1.11. The molecule has 6 nitrogen and oxygen atoms in total. The molecule has 0 unspecified atom stereocenters. The van der Waals surface area contributed by atoms with Crippen molar-refractivity contribution in [3.05, 3.63) is 51.8 Å². The van der Waals surface area contributed by atoms with E-state index in [2.05, 4.69) is 18.9 Å². The monoisotopic (exact) mass is 417 g/mol. The Bertz CT molecular complexity index is 881. The zero-order valence-corrected chi connectivity index (χ0v) is 18.2. The van der Waals surface area contributed by atoms with E-state index in [0.29, 0.717) is 37.2 Å². The van der Waals surface area contributed by atoms with Gasteiger partial charge in [-0.2, -0.15) is 5.10 Å². The molecular weight excluding hydrogens is 390 g/mol. The number of carbonyl (C=O) groups excluding carboxylic acids is 2. The Kier molecular flexibility index (Phi) is 6.63. The van der Waals surface area contributed by atoms with Gasteiger partial charge in [0.15, 0.2) is 6.61 Å². The lowest BCUT2D eigenvalue weighted by atomic mass is 9.92. The standard InChI is InChI=1S/C22H28ClN3O3/c1-14-5-7-18(8-6-14)12-26-21(23)20(17(4)24-26)22(28)29-13-19(27)25-10-15(2)9-16(3)11-25/h5-8,15-16H,9-13H2,1-4H3/t15-,16-/m1/s1. The molecule has 2 atom stereocenters. The van der Waals surface area contributed by atoms with Crippen molar-refractivity contribution in [1.82, 2.24) is 14.7 Å². The van der Waals surface area contributed by atoms with E-state index >= 15 is 0 Å². The number of benzene rings is 1. The number of aromatic nitrogens is 2. The van der Waals surface area contributed by atoms with Crippen molar-refractivity contribution in [2.45, 2.75) is 40.7 Å². The minimum Gasteiger partial charge on any atom is -0.452 e. The summed E-state index contributed by atoms with van der Waals surface area (Å²) < 4.78 is 6.86. The smallest absolute Gasteiger partial charge is 0.343 e. The van der Waals surface area contributed by atoms with Gasteiger partial charge in [-0.05, 0) is 37.7 Å². The Morgan fingerprint density at radius 1 is 1.14 bits per heavy atom. The van der Waals surface area contributed by atoms with Crippen molar-refractivity contribution in [3.8, 4) is 0 Å². The molecule has 1 aliphatic heterocycles. The number of piperidine rings is 1. The number of likely N-dealkylation sites (tertiary alicyclic amines) is 1. The third-order valence-electron chi connectivity index (χ3n) is 5.27. The van der Waals surface area contributed by atoms with Crippen LogP contribution in [-0.4, -0.2) is 46.3 Å². The summed E-state index contributed by atoms with van der Waals surface area (Å²) in [6.45, 7) is 9.58. The maximum atomic E-state index is 12.6. The van der Waals surface area contributed by atoms with Crippen LogP contribution in [0.5, 0.6) is 0 Å². The van der Waals surface area contributed by atoms with Crippen LogP contribution in [0.2, 0.25) is 5.15 Å². The Hall–Kier alpha value is -2.34. The van der Waals surface area contributed by atoms with Gasteiger partial charge >= 0.3 is 5.97 Å². The first-order valence-electron chi connectivity index (χ1n) is 9.98. The van der Waals surface area contributed by atoms with Crippen molar-refractivity contribution in [3.63, 3.8) is 0 Å². The van der Waals surface area contributed by atoms with E-state index in [-0.39, 0.29) is 23.2 Å². The number of esters is 1. The lowest BCUT2D eigenvalue weighted by Crippen LogP contribution is -2.44. The van der Waals surface area contributed by atoms with E-state index in [1.165, 1.54) is 5.56 Å². The highest BCUT2D eigenvalue weighted by molar-refractivity contribution is 6.32. The molecule has 0 spiro atoms. The lowest BCUT2D eigenvalue weighted by molar-refractivity contribution is -0.137. The van der Waals surface area contributed by atoms with Crippen LogP contribution < -0.4 is 0 Å². The van der Waals surface area contributed by atoms with Gasteiger partial charge in [-0.15, -0.1) is 0 Å². The number of ether oxygens (including phenoxy) is 1. The van der Waals surface area contributed by atoms with Crippen molar-refractivity contribution >= 4 is 23.5 Å². The fraction of sp³-hybridized carbons (Fsp3) is 0.500. The predicted octanol–water partition coefficient (Wildman–Crippen LogP) is 3.86. The van der Waals surface area contributed by atoms with Gasteiger partial charge in [0, 0.05) is 13.1 Å². The largest absolute Gasteiger partial charge is 0.452 e. The van der Waals surface area contributed by atoms with Gasteiger partial charge < -0.3 is 9.64 Å². The van der Waals surface area contributed by atoms with Crippen molar-refractivity contribution in [2.75, 3.05) is 19.7 Å². The average molecular weight is 418 g/mol. The molecule has 1 amide bonds. The topological polar surface area (TPSA) is 64.4 Å². The highest BCUT2D eigenvalue weighted by Crippen LogP contribution is 2.23. The molecule has 2 heterocycles. The van der Waals surface area contributed by atoms with Gasteiger partial charge in [-0.25, -0.2) is 9.48 Å². The molecule has 7 heteroatoms. The number of hydrogen-bond acceptors (Lipinski definition) is 4. The highest BCUT2D eigenvalue weighted by Gasteiger charge is 2.27. The highest BCUT2D eigenvalue weighted by atomic mass is 35.5. The molecular formula is C22H28ClN3O3. The van der Waals surface area contributed by atoms with Gasteiger partial charge in [0.05, 0.1) is 12.2 Å². The zero-order valence-electron chi connectivity index (χ0n) is 17.4. The molecule has 0 radical (unpaired) electrons. The fourth-order valence-electron chi connectivity index (χ4n) is 3.91. The quantitative estimate of drug-likeness (QED) is 0.693. The Morgan fingerprint density at radius 3 is 2.38 bits per heavy atom. The molecule has 0 N–H and O–H groups in total. The molecule has 1 aromatic heterocycles. The third-order valence-corrected chi connectivity index (χ3v) is 5.65. The molecule has 29 heavy (non-hydrogen) atoms. The zero-order chi connectivity index (χ0) is 21.1. The molecule has 3 rings (SSSR count). The summed E-state index contributed by atoms with van der Waals surface area (Å²) >= 11 is 6.41. The number of rotatable bonds is 5. The summed E-state index contributed by atoms with van der Waals surface area (Å²) in [6, 6.07) is 8.03.